The van der Waals surface area contributed by atoms with Crippen LogP contribution in [0.4, 0.5) is 0 Å². The highest BCUT2D eigenvalue weighted by Gasteiger charge is 2.31. The third-order valence-corrected chi connectivity index (χ3v) is 3.68. The molecule has 0 bridgehead atoms. The molecule has 1 aliphatic heterocycles. The van der Waals surface area contributed by atoms with Gasteiger partial charge in [-0.15, -0.1) is 0 Å². The fraction of sp³-hybridized carbons (Fsp3) is 0.500. The molecule has 0 saturated carbocycles. The maximum absolute atomic E-state index is 12.2. The second-order valence-electron chi connectivity index (χ2n) is 5.06. The second-order valence-corrected chi connectivity index (χ2v) is 5.06. The lowest BCUT2D eigenvalue weighted by atomic mass is 10.0. The van der Waals surface area contributed by atoms with Crippen LogP contribution in [0.3, 0.4) is 0 Å². The van der Waals surface area contributed by atoms with Crippen LogP contribution in [-0.4, -0.2) is 46.3 Å². The summed E-state index contributed by atoms with van der Waals surface area (Å²) in [6.45, 7) is 0.835. The first-order valence-corrected chi connectivity index (χ1v) is 6.87. The molecule has 1 aliphatic rings. The monoisotopic (exact) mass is 290 g/mol. The van der Waals surface area contributed by atoms with E-state index < -0.39 is 18.1 Å². The fourth-order valence-corrected chi connectivity index (χ4v) is 2.43. The number of carbonyl (C=O) groups excluding carboxylic acids is 1. The summed E-state index contributed by atoms with van der Waals surface area (Å²) in [5.41, 5.74) is 8.89. The van der Waals surface area contributed by atoms with Crippen molar-refractivity contribution in [2.45, 2.75) is 31.1 Å². The highest BCUT2D eigenvalue weighted by atomic mass is 16.3. The van der Waals surface area contributed by atoms with Crippen LogP contribution in [0.15, 0.2) is 35.4 Å². The van der Waals surface area contributed by atoms with Crippen molar-refractivity contribution in [2.24, 2.45) is 5.11 Å². The van der Waals surface area contributed by atoms with Crippen molar-refractivity contribution < 1.29 is 15.0 Å². The quantitative estimate of drug-likeness (QED) is 0.496. The van der Waals surface area contributed by atoms with Crippen LogP contribution < -0.4 is 0 Å². The van der Waals surface area contributed by atoms with Gasteiger partial charge in [-0.2, -0.15) is 0 Å². The molecule has 7 heteroatoms. The van der Waals surface area contributed by atoms with Crippen molar-refractivity contribution in [3.63, 3.8) is 0 Å². The third kappa shape index (κ3) is 3.72. The molecule has 2 N–H and O–H groups in total. The Morgan fingerprint density at radius 2 is 1.90 bits per heavy atom. The Bertz CT molecular complexity index is 522. The van der Waals surface area contributed by atoms with Gasteiger partial charge in [0.25, 0.3) is 5.91 Å². The van der Waals surface area contributed by atoms with Gasteiger partial charge in [-0.3, -0.25) is 4.79 Å². The zero-order valence-electron chi connectivity index (χ0n) is 11.5. The molecule has 7 nitrogen and oxygen atoms in total. The zero-order valence-corrected chi connectivity index (χ0v) is 11.5. The van der Waals surface area contributed by atoms with Gasteiger partial charge in [-0.25, -0.2) is 0 Å². The van der Waals surface area contributed by atoms with Crippen molar-refractivity contribution >= 4 is 5.91 Å². The summed E-state index contributed by atoms with van der Waals surface area (Å²) in [5, 5.41) is 23.7. The van der Waals surface area contributed by atoms with Crippen molar-refractivity contribution in [2.75, 3.05) is 13.1 Å². The topological polar surface area (TPSA) is 110 Å². The molecule has 1 fully saturated rings. The Kier molecular flexibility index (Phi) is 5.16. The maximum atomic E-state index is 12.2. The summed E-state index contributed by atoms with van der Waals surface area (Å²) in [6, 6.07) is 8.49. The zero-order chi connectivity index (χ0) is 15.2. The molecule has 2 rings (SSSR count). The molecule has 1 saturated heterocycles. The number of aliphatic hydroxyl groups excluding tert-OH is 2. The highest BCUT2D eigenvalue weighted by molar-refractivity contribution is 5.81. The first-order valence-electron chi connectivity index (χ1n) is 6.87. The molecule has 1 amide bonds. The van der Waals surface area contributed by atoms with Crippen LogP contribution >= 0.6 is 0 Å². The Morgan fingerprint density at radius 3 is 2.48 bits per heavy atom. The van der Waals surface area contributed by atoms with E-state index in [1.165, 1.54) is 4.90 Å². The van der Waals surface area contributed by atoms with E-state index in [0.29, 0.717) is 31.5 Å². The number of azide groups is 1. The van der Waals surface area contributed by atoms with Gasteiger partial charge in [0.2, 0.25) is 0 Å². The number of hydrogen-bond donors (Lipinski definition) is 2. The molecule has 0 aliphatic carbocycles. The third-order valence-electron chi connectivity index (χ3n) is 3.68. The van der Waals surface area contributed by atoms with Crippen molar-refractivity contribution in [1.29, 1.82) is 0 Å². The van der Waals surface area contributed by atoms with Crippen molar-refractivity contribution in [3.05, 3.63) is 46.3 Å². The first kappa shape index (κ1) is 15.3. The summed E-state index contributed by atoms with van der Waals surface area (Å²) in [7, 11) is 0. The Labute approximate surface area is 122 Å². The molecule has 1 aromatic carbocycles. The maximum Gasteiger partial charge on any atom is 0.254 e. The molecular weight excluding hydrogens is 272 g/mol. The minimum Gasteiger partial charge on any atom is -0.385 e. The summed E-state index contributed by atoms with van der Waals surface area (Å²) in [6.07, 6.45) is -1.58. The Balaban J connectivity index is 1.95. The number of benzene rings is 1. The predicted molar refractivity (Wildman–Crippen MR) is 76.2 cm³/mol. The predicted octanol–water partition coefficient (Wildman–Crippen LogP) is 1.38. The molecule has 112 valence electrons. The number of likely N-dealkylation sites (tertiary alicyclic amines) is 1. The minimum absolute atomic E-state index is 0.102. The first-order chi connectivity index (χ1) is 10.1. The van der Waals surface area contributed by atoms with Gasteiger partial charge < -0.3 is 15.1 Å². The molecule has 0 aromatic heterocycles. The molecule has 0 unspecified atom stereocenters. The fourth-order valence-electron chi connectivity index (χ4n) is 2.43. The van der Waals surface area contributed by atoms with Gasteiger partial charge in [-0.05, 0) is 23.9 Å². The Hall–Kier alpha value is -2.08. The van der Waals surface area contributed by atoms with E-state index in [9.17, 15) is 15.0 Å². The van der Waals surface area contributed by atoms with E-state index in [-0.39, 0.29) is 6.04 Å². The lowest BCUT2D eigenvalue weighted by molar-refractivity contribution is -0.147. The standard InChI is InChI=1S/C14H18N4O3/c15-17-16-11-6-8-18(9-7-11)14(21)13(20)12(19)10-4-2-1-3-5-10/h1-5,11-13,19-20H,6-9H2/t12-,13+/m1/s1. The van der Waals surface area contributed by atoms with E-state index in [1.807, 2.05) is 0 Å². The molecule has 21 heavy (non-hydrogen) atoms. The summed E-state index contributed by atoms with van der Waals surface area (Å²) in [5.74, 6) is -0.495. The summed E-state index contributed by atoms with van der Waals surface area (Å²) >= 11 is 0. The molecule has 0 spiro atoms. The number of rotatable bonds is 4. The van der Waals surface area contributed by atoms with Crippen molar-refractivity contribution in [1.82, 2.24) is 4.90 Å². The SMILES string of the molecule is [N-]=[N+]=NC1CCN(C(=O)[C@@H](O)[C@H](O)c2ccccc2)CC1. The summed E-state index contributed by atoms with van der Waals surface area (Å²) in [4.78, 5) is 16.5. The van der Waals surface area contributed by atoms with Gasteiger partial charge >= 0.3 is 0 Å². The van der Waals surface area contributed by atoms with E-state index in [0.717, 1.165) is 0 Å². The lowest BCUT2D eigenvalue weighted by Gasteiger charge is -2.32. The number of aliphatic hydroxyl groups is 2. The number of hydrogen-bond acceptors (Lipinski definition) is 4. The molecule has 1 aromatic rings. The van der Waals surface area contributed by atoms with Gasteiger partial charge in [0.05, 0.1) is 0 Å². The Morgan fingerprint density at radius 1 is 1.29 bits per heavy atom. The highest BCUT2D eigenvalue weighted by Crippen LogP contribution is 2.20. The van der Waals surface area contributed by atoms with Crippen LogP contribution in [0.25, 0.3) is 10.4 Å². The van der Waals surface area contributed by atoms with Crippen LogP contribution in [-0.2, 0) is 4.79 Å². The van der Waals surface area contributed by atoms with Gasteiger partial charge in [0, 0.05) is 24.0 Å². The lowest BCUT2D eigenvalue weighted by Crippen LogP contribution is -2.46. The molecule has 0 radical (unpaired) electrons. The number of amides is 1. The average Bonchev–Trinajstić information content (AvgIpc) is 2.54. The van der Waals surface area contributed by atoms with E-state index in [1.54, 1.807) is 30.3 Å². The van der Waals surface area contributed by atoms with Gasteiger partial charge in [-0.1, -0.05) is 35.4 Å². The number of carbonyl (C=O) groups is 1. The number of nitrogens with zero attached hydrogens (tertiary/aromatic N) is 4. The van der Waals surface area contributed by atoms with E-state index in [4.69, 9.17) is 5.53 Å². The second kappa shape index (κ2) is 7.08. The average molecular weight is 290 g/mol. The van der Waals surface area contributed by atoms with Crippen LogP contribution in [0.2, 0.25) is 0 Å². The minimum atomic E-state index is -1.48. The van der Waals surface area contributed by atoms with Crippen LogP contribution in [0, 0.1) is 0 Å². The van der Waals surface area contributed by atoms with E-state index >= 15 is 0 Å². The molecular formula is C14H18N4O3. The van der Waals surface area contributed by atoms with Gasteiger partial charge in [0.15, 0.2) is 6.10 Å². The smallest absolute Gasteiger partial charge is 0.254 e. The normalized spacial score (nSPS) is 18.7. The molecule has 1 heterocycles. The van der Waals surface area contributed by atoms with Crippen LogP contribution in [0.5, 0.6) is 0 Å². The van der Waals surface area contributed by atoms with E-state index in [2.05, 4.69) is 10.0 Å². The van der Waals surface area contributed by atoms with Gasteiger partial charge in [0.1, 0.15) is 6.10 Å². The largest absolute Gasteiger partial charge is 0.385 e. The molecule has 2 atom stereocenters. The van der Waals surface area contributed by atoms with Crippen molar-refractivity contribution in [3.8, 4) is 0 Å². The number of piperidine rings is 1. The van der Waals surface area contributed by atoms with Crippen LogP contribution in [0.1, 0.15) is 24.5 Å². The summed E-state index contributed by atoms with van der Waals surface area (Å²) < 4.78 is 0.